The van der Waals surface area contributed by atoms with E-state index >= 15 is 0 Å². The van der Waals surface area contributed by atoms with Crippen molar-refractivity contribution < 1.29 is 13.2 Å². The fourth-order valence-corrected chi connectivity index (χ4v) is 4.31. The Labute approximate surface area is 148 Å². The van der Waals surface area contributed by atoms with Crippen LogP contribution in [0.15, 0.2) is 27.3 Å². The van der Waals surface area contributed by atoms with E-state index in [1.54, 1.807) is 6.07 Å². The molecule has 1 saturated carbocycles. The van der Waals surface area contributed by atoms with Gasteiger partial charge in [-0.25, -0.2) is 22.8 Å². The van der Waals surface area contributed by atoms with E-state index in [0.717, 1.165) is 29.9 Å². The van der Waals surface area contributed by atoms with Crippen LogP contribution in [0.5, 0.6) is 0 Å². The van der Waals surface area contributed by atoms with Gasteiger partial charge in [-0.05, 0) is 18.9 Å². The number of hydrogen-bond acceptors (Lipinski definition) is 7. The predicted molar refractivity (Wildman–Crippen MR) is 92.1 cm³/mol. The van der Waals surface area contributed by atoms with Gasteiger partial charge in [-0.15, -0.1) is 0 Å². The molecular weight excluding hydrogens is 366 g/mol. The molecule has 2 N–H and O–H groups in total. The van der Waals surface area contributed by atoms with Crippen molar-refractivity contribution in [3.63, 3.8) is 0 Å². The molecule has 0 radical (unpaired) electrons. The molecule has 2 aromatic rings. The molecule has 0 unspecified atom stereocenters. The third kappa shape index (κ3) is 4.50. The van der Waals surface area contributed by atoms with Crippen LogP contribution in [-0.2, 0) is 21.4 Å². The normalized spacial score (nSPS) is 14.4. The summed E-state index contributed by atoms with van der Waals surface area (Å²) in [7, 11) is -3.76. The molecular formula is C14H17N5O4S2. The zero-order chi connectivity index (χ0) is 18.0. The van der Waals surface area contributed by atoms with E-state index in [0.29, 0.717) is 5.92 Å². The highest BCUT2D eigenvalue weighted by molar-refractivity contribution is 7.91. The van der Waals surface area contributed by atoms with Gasteiger partial charge in [0.25, 0.3) is 15.6 Å². The van der Waals surface area contributed by atoms with E-state index in [1.165, 1.54) is 23.9 Å². The number of carbonyl (C=O) groups excluding carboxylic acids is 1. The van der Waals surface area contributed by atoms with Gasteiger partial charge in [0.15, 0.2) is 9.34 Å². The van der Waals surface area contributed by atoms with Crippen LogP contribution in [-0.4, -0.2) is 35.6 Å². The van der Waals surface area contributed by atoms with Crippen LogP contribution in [0.4, 0.5) is 5.13 Å². The highest BCUT2D eigenvalue weighted by Gasteiger charge is 2.25. The highest BCUT2D eigenvalue weighted by Crippen LogP contribution is 2.38. The summed E-state index contributed by atoms with van der Waals surface area (Å²) in [6.07, 6.45) is 3.32. The lowest BCUT2D eigenvalue weighted by Crippen LogP contribution is -2.32. The summed E-state index contributed by atoms with van der Waals surface area (Å²) in [6, 6.07) is 3.18. The quantitative estimate of drug-likeness (QED) is 0.718. The minimum Gasteiger partial charge on any atom is -0.302 e. The first-order valence-electron chi connectivity index (χ1n) is 7.66. The van der Waals surface area contributed by atoms with Gasteiger partial charge in [-0.2, -0.15) is 5.10 Å². The summed E-state index contributed by atoms with van der Waals surface area (Å²) in [5, 5.41) is 6.92. The number of nitrogens with zero attached hydrogens (tertiary/aromatic N) is 3. The number of rotatable bonds is 7. The SMILES string of the molecule is CC(=O)Nc1ncc(S(=O)(=O)NCCn2nc(C3CC3)ccc2=O)s1. The Morgan fingerprint density at radius 1 is 1.40 bits per heavy atom. The zero-order valence-corrected chi connectivity index (χ0v) is 15.1. The largest absolute Gasteiger partial charge is 0.302 e. The molecule has 134 valence electrons. The van der Waals surface area contributed by atoms with Gasteiger partial charge in [0.05, 0.1) is 18.4 Å². The molecule has 0 saturated heterocycles. The molecule has 25 heavy (non-hydrogen) atoms. The van der Waals surface area contributed by atoms with Gasteiger partial charge < -0.3 is 5.32 Å². The van der Waals surface area contributed by atoms with E-state index in [-0.39, 0.29) is 33.9 Å². The topological polar surface area (TPSA) is 123 Å². The van der Waals surface area contributed by atoms with Crippen molar-refractivity contribution in [2.45, 2.75) is 36.4 Å². The van der Waals surface area contributed by atoms with E-state index in [4.69, 9.17) is 0 Å². The molecule has 1 aliphatic rings. The first-order valence-corrected chi connectivity index (χ1v) is 9.96. The third-order valence-electron chi connectivity index (χ3n) is 3.53. The van der Waals surface area contributed by atoms with E-state index in [2.05, 4.69) is 20.1 Å². The third-order valence-corrected chi connectivity index (χ3v) is 6.37. The van der Waals surface area contributed by atoms with Gasteiger partial charge in [-0.1, -0.05) is 11.3 Å². The van der Waals surface area contributed by atoms with Crippen LogP contribution in [0.25, 0.3) is 0 Å². The summed E-state index contributed by atoms with van der Waals surface area (Å²) in [5.74, 6) is 0.0835. The summed E-state index contributed by atoms with van der Waals surface area (Å²) in [4.78, 5) is 26.6. The number of nitrogens with one attached hydrogen (secondary N) is 2. The number of carbonyl (C=O) groups is 1. The van der Waals surface area contributed by atoms with Crippen molar-refractivity contribution in [1.82, 2.24) is 19.5 Å². The van der Waals surface area contributed by atoms with Crippen molar-refractivity contribution in [3.8, 4) is 0 Å². The molecule has 0 atom stereocenters. The molecule has 1 amide bonds. The molecule has 2 heterocycles. The molecule has 1 aliphatic carbocycles. The van der Waals surface area contributed by atoms with Gasteiger partial charge in [-0.3, -0.25) is 9.59 Å². The smallest absolute Gasteiger partial charge is 0.266 e. The number of hydrogen-bond donors (Lipinski definition) is 2. The van der Waals surface area contributed by atoms with Gasteiger partial charge in [0, 0.05) is 25.5 Å². The van der Waals surface area contributed by atoms with Crippen molar-refractivity contribution in [2.24, 2.45) is 0 Å². The van der Waals surface area contributed by atoms with Crippen LogP contribution >= 0.6 is 11.3 Å². The zero-order valence-electron chi connectivity index (χ0n) is 13.4. The van der Waals surface area contributed by atoms with Crippen LogP contribution in [0.1, 0.15) is 31.4 Å². The minimum atomic E-state index is -3.76. The van der Waals surface area contributed by atoms with Crippen molar-refractivity contribution in [1.29, 1.82) is 0 Å². The van der Waals surface area contributed by atoms with Gasteiger partial charge >= 0.3 is 0 Å². The van der Waals surface area contributed by atoms with Crippen LogP contribution in [0.2, 0.25) is 0 Å². The first kappa shape index (κ1) is 17.7. The molecule has 0 aliphatic heterocycles. The maximum absolute atomic E-state index is 12.2. The maximum atomic E-state index is 12.2. The Balaban J connectivity index is 1.63. The van der Waals surface area contributed by atoms with Gasteiger partial charge in [0.1, 0.15) is 0 Å². The molecule has 3 rings (SSSR count). The second-order valence-electron chi connectivity index (χ2n) is 5.66. The Morgan fingerprint density at radius 3 is 2.84 bits per heavy atom. The highest BCUT2D eigenvalue weighted by atomic mass is 32.2. The van der Waals surface area contributed by atoms with E-state index in [1.807, 2.05) is 0 Å². The molecule has 0 aromatic carbocycles. The number of amides is 1. The van der Waals surface area contributed by atoms with E-state index in [9.17, 15) is 18.0 Å². The monoisotopic (exact) mass is 383 g/mol. The van der Waals surface area contributed by atoms with Crippen molar-refractivity contribution in [2.75, 3.05) is 11.9 Å². The summed E-state index contributed by atoms with van der Waals surface area (Å²) >= 11 is 0.855. The molecule has 2 aromatic heterocycles. The second-order valence-corrected chi connectivity index (χ2v) is 8.68. The Kier molecular flexibility index (Phi) is 4.97. The first-order chi connectivity index (χ1) is 11.8. The predicted octanol–water partition coefficient (Wildman–Crippen LogP) is 0.514. The van der Waals surface area contributed by atoms with Crippen LogP contribution < -0.4 is 15.6 Å². The number of sulfonamides is 1. The Bertz CT molecular complexity index is 946. The van der Waals surface area contributed by atoms with Crippen LogP contribution in [0, 0.1) is 0 Å². The van der Waals surface area contributed by atoms with Crippen LogP contribution in [0.3, 0.4) is 0 Å². The molecule has 1 fully saturated rings. The molecule has 0 bridgehead atoms. The lowest BCUT2D eigenvalue weighted by Gasteiger charge is -2.07. The number of aromatic nitrogens is 3. The number of thiazole rings is 1. The average molecular weight is 383 g/mol. The summed E-state index contributed by atoms with van der Waals surface area (Å²) in [6.45, 7) is 1.47. The maximum Gasteiger partial charge on any atom is 0.266 e. The summed E-state index contributed by atoms with van der Waals surface area (Å²) in [5.41, 5.74) is 0.596. The fourth-order valence-electron chi connectivity index (χ4n) is 2.17. The van der Waals surface area contributed by atoms with Crippen molar-refractivity contribution >= 4 is 32.4 Å². The minimum absolute atomic E-state index is 0.0108. The van der Waals surface area contributed by atoms with E-state index < -0.39 is 10.0 Å². The molecule has 9 nitrogen and oxygen atoms in total. The fraction of sp³-hybridized carbons (Fsp3) is 0.429. The Morgan fingerprint density at radius 2 is 2.16 bits per heavy atom. The van der Waals surface area contributed by atoms with Gasteiger partial charge in [0.2, 0.25) is 5.91 Å². The molecule has 11 heteroatoms. The lowest BCUT2D eigenvalue weighted by molar-refractivity contribution is -0.114. The standard InChI is InChI=1S/C14H17N5O4S2/c1-9(20)17-14-15-8-13(24-14)25(22,23)16-6-7-19-12(21)5-4-11(18-19)10-2-3-10/h4-5,8,10,16H,2-3,6-7H2,1H3,(H,15,17,20). The summed E-state index contributed by atoms with van der Waals surface area (Å²) < 4.78 is 28.1. The lowest BCUT2D eigenvalue weighted by atomic mass is 10.3. The Hall–Kier alpha value is -2.11. The average Bonchev–Trinajstić information content (AvgIpc) is 3.28. The van der Waals surface area contributed by atoms with Crippen molar-refractivity contribution in [3.05, 3.63) is 34.4 Å². The number of anilines is 1. The second kappa shape index (κ2) is 7.02. The molecule has 0 spiro atoms.